The van der Waals surface area contributed by atoms with Gasteiger partial charge in [0.25, 0.3) is 0 Å². The maximum absolute atomic E-state index is 10.8. The Morgan fingerprint density at radius 1 is 1.06 bits per heavy atom. The second kappa shape index (κ2) is 3.82. The monoisotopic (exact) mass is 223 g/mol. The molecule has 1 aliphatic rings. The maximum Gasteiger partial charge on any atom is 0.150 e. The number of aromatic nitrogens is 1. The third kappa shape index (κ3) is 1.58. The van der Waals surface area contributed by atoms with Gasteiger partial charge in [0.2, 0.25) is 0 Å². The fourth-order valence-corrected chi connectivity index (χ4v) is 2.33. The van der Waals surface area contributed by atoms with Gasteiger partial charge in [-0.3, -0.25) is 4.98 Å². The lowest BCUT2D eigenvalue weighted by Crippen LogP contribution is -2.29. The number of hydrogen-bond donors (Lipinski definition) is 1. The normalized spacial score (nSPS) is 22.2. The quantitative estimate of drug-likeness (QED) is 0.753. The number of allylic oxidation sites excluding steroid dienone is 1. The molecule has 1 atom stereocenters. The minimum Gasteiger partial charge on any atom is -0.375 e. The Labute approximate surface area is 100 Å². The van der Waals surface area contributed by atoms with Crippen molar-refractivity contribution in [3.05, 3.63) is 77.6 Å². The van der Waals surface area contributed by atoms with Crippen molar-refractivity contribution in [2.45, 2.75) is 12.0 Å². The molecular weight excluding hydrogens is 210 g/mol. The van der Waals surface area contributed by atoms with Gasteiger partial charge in [0.05, 0.1) is 5.69 Å². The zero-order valence-electron chi connectivity index (χ0n) is 9.38. The Bertz CT molecular complexity index is 562. The summed E-state index contributed by atoms with van der Waals surface area (Å²) >= 11 is 0. The minimum atomic E-state index is -1.09. The van der Waals surface area contributed by atoms with Gasteiger partial charge in [-0.1, -0.05) is 36.4 Å². The molecule has 3 rings (SSSR count). The number of nitrogens with zero attached hydrogens (tertiary/aromatic N) is 1. The third-order valence-electron chi connectivity index (χ3n) is 3.18. The Morgan fingerprint density at radius 3 is 2.71 bits per heavy atom. The summed E-state index contributed by atoms with van der Waals surface area (Å²) in [6.07, 6.45) is 6.40. The Balaban J connectivity index is 2.20. The highest BCUT2D eigenvalue weighted by molar-refractivity contribution is 5.46. The van der Waals surface area contributed by atoms with E-state index in [2.05, 4.69) is 4.98 Å². The number of benzene rings is 1. The molecule has 0 bridgehead atoms. The van der Waals surface area contributed by atoms with Crippen LogP contribution in [0.5, 0.6) is 0 Å². The Morgan fingerprint density at radius 2 is 1.88 bits per heavy atom. The van der Waals surface area contributed by atoms with Gasteiger partial charge in [0.15, 0.2) is 5.60 Å². The fourth-order valence-electron chi connectivity index (χ4n) is 2.33. The highest BCUT2D eigenvalue weighted by Crippen LogP contribution is 2.35. The van der Waals surface area contributed by atoms with Crippen molar-refractivity contribution in [2.75, 3.05) is 0 Å². The van der Waals surface area contributed by atoms with Crippen molar-refractivity contribution in [2.24, 2.45) is 0 Å². The molecule has 2 heteroatoms. The van der Waals surface area contributed by atoms with Gasteiger partial charge in [-0.05, 0) is 35.8 Å². The van der Waals surface area contributed by atoms with E-state index in [1.165, 1.54) is 0 Å². The largest absolute Gasteiger partial charge is 0.375 e. The average molecular weight is 223 g/mol. The second-order valence-electron chi connectivity index (χ2n) is 4.24. The van der Waals surface area contributed by atoms with Crippen molar-refractivity contribution in [3.8, 4) is 0 Å². The first-order valence-corrected chi connectivity index (χ1v) is 5.71. The van der Waals surface area contributed by atoms with E-state index in [1.54, 1.807) is 6.20 Å². The van der Waals surface area contributed by atoms with E-state index < -0.39 is 5.60 Å². The first-order valence-electron chi connectivity index (χ1n) is 5.71. The molecule has 1 N–H and O–H groups in total. The number of hydrogen-bond acceptors (Lipinski definition) is 2. The molecule has 0 aliphatic heterocycles. The van der Waals surface area contributed by atoms with Crippen LogP contribution in [0.4, 0.5) is 0 Å². The first kappa shape index (κ1) is 10.2. The summed E-state index contributed by atoms with van der Waals surface area (Å²) in [5.41, 5.74) is 1.67. The smallest absolute Gasteiger partial charge is 0.150 e. The molecule has 1 unspecified atom stereocenters. The van der Waals surface area contributed by atoms with Gasteiger partial charge in [0, 0.05) is 6.20 Å². The molecule has 2 aromatic rings. The average Bonchev–Trinajstić information content (AvgIpc) is 2.40. The molecule has 2 nitrogen and oxygen atoms in total. The highest BCUT2D eigenvalue weighted by Gasteiger charge is 2.33. The van der Waals surface area contributed by atoms with Gasteiger partial charge in [0.1, 0.15) is 0 Å². The maximum atomic E-state index is 10.8. The van der Waals surface area contributed by atoms with Crippen LogP contribution in [0.1, 0.15) is 16.8 Å². The fraction of sp³-hybridized carbons (Fsp3) is 0.133. The minimum absolute atomic E-state index is 0.670. The van der Waals surface area contributed by atoms with Crippen LogP contribution in [0.25, 0.3) is 0 Å². The van der Waals surface area contributed by atoms with Crippen molar-refractivity contribution < 1.29 is 5.11 Å². The summed E-state index contributed by atoms with van der Waals surface area (Å²) in [5, 5.41) is 10.8. The number of pyridine rings is 1. The summed E-state index contributed by atoms with van der Waals surface area (Å²) in [7, 11) is 0. The predicted molar refractivity (Wildman–Crippen MR) is 66.5 cm³/mol. The zero-order valence-corrected chi connectivity index (χ0v) is 9.38. The topological polar surface area (TPSA) is 33.1 Å². The van der Waals surface area contributed by atoms with E-state index in [0.717, 1.165) is 17.5 Å². The third-order valence-corrected chi connectivity index (χ3v) is 3.18. The van der Waals surface area contributed by atoms with Crippen LogP contribution in [-0.4, -0.2) is 10.1 Å². The van der Waals surface area contributed by atoms with Crippen LogP contribution in [0.2, 0.25) is 0 Å². The highest BCUT2D eigenvalue weighted by atomic mass is 16.3. The molecule has 17 heavy (non-hydrogen) atoms. The second-order valence-corrected chi connectivity index (χ2v) is 4.24. The van der Waals surface area contributed by atoms with E-state index >= 15 is 0 Å². The predicted octanol–water partition coefficient (Wildman–Crippen LogP) is 2.43. The van der Waals surface area contributed by atoms with Crippen molar-refractivity contribution >= 4 is 0 Å². The van der Waals surface area contributed by atoms with Crippen LogP contribution < -0.4 is 0 Å². The Hall–Kier alpha value is -1.93. The van der Waals surface area contributed by atoms with E-state index in [-0.39, 0.29) is 0 Å². The summed E-state index contributed by atoms with van der Waals surface area (Å²) in [4.78, 5) is 4.27. The summed E-state index contributed by atoms with van der Waals surface area (Å²) < 4.78 is 0. The molecule has 1 aliphatic carbocycles. The molecule has 0 saturated heterocycles. The summed E-state index contributed by atoms with van der Waals surface area (Å²) in [6, 6.07) is 13.6. The van der Waals surface area contributed by atoms with Crippen molar-refractivity contribution in [1.29, 1.82) is 0 Å². The van der Waals surface area contributed by atoms with Gasteiger partial charge in [-0.15, -0.1) is 0 Å². The van der Waals surface area contributed by atoms with Gasteiger partial charge in [-0.2, -0.15) is 0 Å². The number of fused-ring (bicyclic) bond motifs is 1. The molecule has 84 valence electrons. The molecule has 1 heterocycles. The van der Waals surface area contributed by atoms with Crippen LogP contribution in [-0.2, 0) is 12.0 Å². The van der Waals surface area contributed by atoms with Crippen molar-refractivity contribution in [1.82, 2.24) is 4.98 Å². The van der Waals surface area contributed by atoms with Crippen LogP contribution in [0, 0.1) is 0 Å². The van der Waals surface area contributed by atoms with E-state index in [4.69, 9.17) is 0 Å². The molecule has 0 saturated carbocycles. The van der Waals surface area contributed by atoms with Crippen LogP contribution in [0.15, 0.2) is 60.8 Å². The van der Waals surface area contributed by atoms with Crippen LogP contribution in [0.3, 0.4) is 0 Å². The zero-order chi connectivity index (χ0) is 11.7. The number of aliphatic hydroxyl groups is 1. The lowest BCUT2D eigenvalue weighted by atomic mass is 9.81. The molecule has 0 spiro atoms. The van der Waals surface area contributed by atoms with Gasteiger partial charge < -0.3 is 5.11 Å². The Kier molecular flexibility index (Phi) is 2.30. The standard InChI is InChI=1S/C15H13NO/c17-15(14-9-3-4-11-16-14)10-5-7-12-6-1-2-8-13(12)15/h1-6,8-11,17H,7H2. The molecular formula is C15H13NO. The molecule has 0 fully saturated rings. The van der Waals surface area contributed by atoms with Gasteiger partial charge >= 0.3 is 0 Å². The number of rotatable bonds is 1. The SMILES string of the molecule is OC1(c2ccccn2)C=CCc2ccccc21. The van der Waals surface area contributed by atoms with E-state index in [1.807, 2.05) is 54.6 Å². The van der Waals surface area contributed by atoms with E-state index in [9.17, 15) is 5.11 Å². The van der Waals surface area contributed by atoms with Crippen LogP contribution >= 0.6 is 0 Å². The lowest BCUT2D eigenvalue weighted by molar-refractivity contribution is 0.126. The summed E-state index contributed by atoms with van der Waals surface area (Å²) in [6.45, 7) is 0. The first-order chi connectivity index (χ1) is 8.31. The van der Waals surface area contributed by atoms with Gasteiger partial charge in [-0.25, -0.2) is 0 Å². The molecule has 1 aromatic carbocycles. The van der Waals surface area contributed by atoms with Crippen molar-refractivity contribution in [3.63, 3.8) is 0 Å². The van der Waals surface area contributed by atoms with E-state index in [0.29, 0.717) is 5.69 Å². The molecule has 0 amide bonds. The summed E-state index contributed by atoms with van der Waals surface area (Å²) in [5.74, 6) is 0. The lowest BCUT2D eigenvalue weighted by Gasteiger charge is -2.29. The molecule has 1 aromatic heterocycles. The molecule has 0 radical (unpaired) electrons.